The summed E-state index contributed by atoms with van der Waals surface area (Å²) in [5.41, 5.74) is 0. The van der Waals surface area contributed by atoms with E-state index in [1.807, 2.05) is 0 Å². The molecule has 0 aromatic carbocycles. The van der Waals surface area contributed by atoms with Crippen LogP contribution in [0, 0.1) is 0 Å². The summed E-state index contributed by atoms with van der Waals surface area (Å²) in [5.74, 6) is -10.3. The second kappa shape index (κ2) is 3.89. The molecule has 0 aliphatic rings. The first-order valence-corrected chi connectivity index (χ1v) is 4.67. The second-order valence-corrected chi connectivity index (χ2v) is 3.76. The van der Waals surface area contributed by atoms with E-state index in [2.05, 4.69) is 0 Å². The summed E-state index contributed by atoms with van der Waals surface area (Å²) in [5, 5.41) is 0.723. The molecule has 15 heavy (non-hydrogen) atoms. The summed E-state index contributed by atoms with van der Waals surface area (Å²) in [4.78, 5) is 10.2. The van der Waals surface area contributed by atoms with Crippen LogP contribution in [0.25, 0.3) is 0 Å². The maximum absolute atomic E-state index is 12.1. The first kappa shape index (κ1) is 14.0. The normalized spacial score (nSPS) is 13.7. The van der Waals surface area contributed by atoms with Gasteiger partial charge in [-0.3, -0.25) is 9.35 Å². The minimum atomic E-state index is -6.13. The smallest absolute Gasteiger partial charge is 0.334 e. The van der Waals surface area contributed by atoms with Crippen molar-refractivity contribution in [2.45, 2.75) is 12.1 Å². The molecule has 0 fully saturated rings. The fourth-order valence-corrected chi connectivity index (χ4v) is 0.710. The van der Waals surface area contributed by atoms with Crippen LogP contribution in [0.5, 0.6) is 0 Å². The largest absolute Gasteiger partial charge is 0.463 e. The minimum absolute atomic E-state index is 0.723. The molecule has 5 nitrogen and oxygen atoms in total. The van der Waals surface area contributed by atoms with Gasteiger partial charge < -0.3 is 5.32 Å². The molecule has 0 aromatic rings. The Morgan fingerprint density at radius 2 is 1.60 bits per heavy atom. The number of halogens is 5. The van der Waals surface area contributed by atoms with Crippen LogP contribution in [0.4, 0.5) is 22.0 Å². The molecule has 0 bridgehead atoms. The van der Waals surface area contributed by atoms with Gasteiger partial charge in [0.1, 0.15) is 5.88 Å². The van der Waals surface area contributed by atoms with Gasteiger partial charge in [0.2, 0.25) is 0 Å². The van der Waals surface area contributed by atoms with E-state index in [-0.39, 0.29) is 0 Å². The molecule has 0 aromatic heterocycles. The highest BCUT2D eigenvalue weighted by Crippen LogP contribution is 2.35. The fraction of sp³-hybridized carbons (Fsp3) is 0.750. The standard InChI is InChI=1S/C4H4F5NO4S/c5-3(6,4(7,8)9)2(11)10-1-15(12,13)14/h1H2,(H,10,11)(H,12,13,14). The van der Waals surface area contributed by atoms with E-state index in [9.17, 15) is 35.2 Å². The van der Waals surface area contributed by atoms with E-state index in [1.54, 1.807) is 0 Å². The van der Waals surface area contributed by atoms with Crippen LogP contribution in [0.2, 0.25) is 0 Å². The molecule has 0 spiro atoms. The zero-order valence-corrected chi connectivity index (χ0v) is 7.49. The van der Waals surface area contributed by atoms with Crippen molar-refractivity contribution < 1.29 is 39.7 Å². The highest BCUT2D eigenvalue weighted by molar-refractivity contribution is 7.85. The van der Waals surface area contributed by atoms with Crippen LogP contribution >= 0.6 is 0 Å². The minimum Gasteiger partial charge on any atom is -0.334 e. The Morgan fingerprint density at radius 1 is 1.20 bits per heavy atom. The van der Waals surface area contributed by atoms with Crippen LogP contribution in [0.1, 0.15) is 0 Å². The zero-order valence-electron chi connectivity index (χ0n) is 6.68. The van der Waals surface area contributed by atoms with E-state index < -0.39 is 34.0 Å². The molecular weight excluding hydrogens is 253 g/mol. The molecule has 90 valence electrons. The van der Waals surface area contributed by atoms with Crippen molar-refractivity contribution >= 4 is 16.0 Å². The Hall–Kier alpha value is -0.970. The first-order valence-electron chi connectivity index (χ1n) is 3.06. The van der Waals surface area contributed by atoms with Crippen molar-refractivity contribution in [3.05, 3.63) is 0 Å². The predicted octanol–water partition coefficient (Wildman–Crippen LogP) is 0.146. The van der Waals surface area contributed by atoms with Crippen molar-refractivity contribution in [1.29, 1.82) is 0 Å². The quantitative estimate of drug-likeness (QED) is 0.556. The molecule has 0 heterocycles. The number of hydrogen-bond donors (Lipinski definition) is 2. The fourth-order valence-electron chi connectivity index (χ4n) is 0.396. The second-order valence-electron chi connectivity index (χ2n) is 2.30. The maximum atomic E-state index is 12.1. The van der Waals surface area contributed by atoms with Gasteiger partial charge >= 0.3 is 18.0 Å². The van der Waals surface area contributed by atoms with Crippen molar-refractivity contribution in [2.24, 2.45) is 0 Å². The lowest BCUT2D eigenvalue weighted by Gasteiger charge is -2.17. The number of carbonyl (C=O) groups excluding carboxylic acids is 1. The summed E-state index contributed by atoms with van der Waals surface area (Å²) in [6.45, 7) is 0. The molecule has 0 aliphatic heterocycles. The van der Waals surface area contributed by atoms with Crippen molar-refractivity contribution in [1.82, 2.24) is 5.32 Å². The van der Waals surface area contributed by atoms with Crippen LogP contribution < -0.4 is 5.32 Å². The Kier molecular flexibility index (Phi) is 3.63. The number of carbonyl (C=O) groups is 1. The van der Waals surface area contributed by atoms with Crippen LogP contribution in [-0.2, 0) is 14.9 Å². The highest BCUT2D eigenvalue weighted by Gasteiger charge is 2.63. The lowest BCUT2D eigenvalue weighted by molar-refractivity contribution is -0.269. The average molecular weight is 257 g/mol. The molecule has 0 saturated heterocycles. The van der Waals surface area contributed by atoms with Crippen molar-refractivity contribution in [3.8, 4) is 0 Å². The van der Waals surface area contributed by atoms with Gasteiger partial charge in [0.15, 0.2) is 0 Å². The number of rotatable bonds is 3. The molecular formula is C4H4F5NO4S. The van der Waals surface area contributed by atoms with Gasteiger partial charge in [-0.25, -0.2) is 0 Å². The summed E-state index contributed by atoms with van der Waals surface area (Å²) >= 11 is 0. The van der Waals surface area contributed by atoms with Gasteiger partial charge in [-0.15, -0.1) is 0 Å². The molecule has 2 N–H and O–H groups in total. The Labute approximate surface area is 80.0 Å². The molecule has 0 aliphatic carbocycles. The van der Waals surface area contributed by atoms with E-state index in [1.165, 1.54) is 0 Å². The van der Waals surface area contributed by atoms with Gasteiger partial charge in [-0.2, -0.15) is 30.4 Å². The summed E-state index contributed by atoms with van der Waals surface area (Å²) in [7, 11) is -4.86. The lowest BCUT2D eigenvalue weighted by atomic mass is 10.3. The number of amides is 1. The third-order valence-corrected chi connectivity index (χ3v) is 1.57. The summed E-state index contributed by atoms with van der Waals surface area (Å²) < 4.78 is 86.4. The molecule has 11 heteroatoms. The summed E-state index contributed by atoms with van der Waals surface area (Å²) in [6.07, 6.45) is -6.13. The summed E-state index contributed by atoms with van der Waals surface area (Å²) in [6, 6.07) is 0. The van der Waals surface area contributed by atoms with E-state index in [4.69, 9.17) is 4.55 Å². The molecule has 0 radical (unpaired) electrons. The van der Waals surface area contributed by atoms with Gasteiger partial charge in [0.05, 0.1) is 0 Å². The first-order chi connectivity index (χ1) is 6.38. The van der Waals surface area contributed by atoms with E-state index >= 15 is 0 Å². The molecule has 0 unspecified atom stereocenters. The predicted molar refractivity (Wildman–Crippen MR) is 35.6 cm³/mol. The van der Waals surface area contributed by atoms with Gasteiger partial charge in [-0.05, 0) is 0 Å². The maximum Gasteiger partial charge on any atom is 0.463 e. The van der Waals surface area contributed by atoms with Crippen LogP contribution in [-0.4, -0.2) is 36.9 Å². The Morgan fingerprint density at radius 3 is 1.87 bits per heavy atom. The van der Waals surface area contributed by atoms with E-state index in [0.717, 1.165) is 5.32 Å². The Balaban J connectivity index is 4.61. The monoisotopic (exact) mass is 257 g/mol. The highest BCUT2D eigenvalue weighted by atomic mass is 32.2. The van der Waals surface area contributed by atoms with Crippen LogP contribution in [0.3, 0.4) is 0 Å². The SMILES string of the molecule is O=C(NCS(=O)(=O)O)C(F)(F)C(F)(F)F. The van der Waals surface area contributed by atoms with Gasteiger partial charge in [0.25, 0.3) is 10.1 Å². The molecule has 1 amide bonds. The Bertz CT molecular complexity index is 347. The molecule has 0 atom stereocenters. The van der Waals surface area contributed by atoms with Gasteiger partial charge in [-0.1, -0.05) is 0 Å². The lowest BCUT2D eigenvalue weighted by Crippen LogP contribution is -2.51. The van der Waals surface area contributed by atoms with E-state index in [0.29, 0.717) is 0 Å². The number of nitrogens with one attached hydrogen (secondary N) is 1. The van der Waals surface area contributed by atoms with Crippen molar-refractivity contribution in [3.63, 3.8) is 0 Å². The molecule has 0 saturated carbocycles. The average Bonchev–Trinajstić information content (AvgIpc) is 1.96. The third kappa shape index (κ3) is 3.95. The number of hydrogen-bond acceptors (Lipinski definition) is 3. The third-order valence-electron chi connectivity index (χ3n) is 1.06. The zero-order chi connectivity index (χ0) is 12.5. The number of alkyl halides is 5. The van der Waals surface area contributed by atoms with Gasteiger partial charge in [0, 0.05) is 0 Å². The molecule has 0 rings (SSSR count). The van der Waals surface area contributed by atoms with Crippen LogP contribution in [0.15, 0.2) is 0 Å². The topological polar surface area (TPSA) is 83.5 Å². The van der Waals surface area contributed by atoms with Crippen molar-refractivity contribution in [2.75, 3.05) is 5.88 Å².